The summed E-state index contributed by atoms with van der Waals surface area (Å²) in [5.74, 6) is 0.235. The lowest BCUT2D eigenvalue weighted by Gasteiger charge is -2.11. The average molecular weight is 395 g/mol. The molecule has 6 nitrogen and oxygen atoms in total. The number of unbranched alkanes of at least 4 members (excludes halogenated alkanes) is 1. The first-order valence-electron chi connectivity index (χ1n) is 9.38. The second-order valence-electron chi connectivity index (χ2n) is 6.30. The molecule has 0 spiro atoms. The fourth-order valence-corrected chi connectivity index (χ4v) is 2.47. The smallest absolute Gasteiger partial charge is 0.330 e. The van der Waals surface area contributed by atoms with Gasteiger partial charge in [0.2, 0.25) is 0 Å². The molecule has 1 unspecified atom stereocenters. The summed E-state index contributed by atoms with van der Waals surface area (Å²) >= 11 is 0. The summed E-state index contributed by atoms with van der Waals surface area (Å²) in [4.78, 5) is 14.3. The highest BCUT2D eigenvalue weighted by Crippen LogP contribution is 2.24. The number of carbonyl (C=O) groups excluding carboxylic acids is 1. The van der Waals surface area contributed by atoms with E-state index in [9.17, 15) is 9.90 Å². The van der Waals surface area contributed by atoms with Crippen molar-refractivity contribution >= 4 is 11.7 Å². The number of hydrogen-bond acceptors (Lipinski definition) is 5. The van der Waals surface area contributed by atoms with E-state index in [-0.39, 0.29) is 13.2 Å². The summed E-state index contributed by atoms with van der Waals surface area (Å²) in [7, 11) is 0. The summed E-state index contributed by atoms with van der Waals surface area (Å²) in [6.07, 6.45) is 1.83. The highest BCUT2D eigenvalue weighted by Gasteiger charge is 2.07. The molecule has 6 heteroatoms. The van der Waals surface area contributed by atoms with Crippen LogP contribution in [0.3, 0.4) is 0 Å². The van der Waals surface area contributed by atoms with Crippen LogP contribution in [0.5, 0.6) is 5.75 Å². The number of carbonyl (C=O) groups is 1. The topological polar surface area (TPSA) is 69.3 Å². The molecule has 2 aromatic rings. The van der Waals surface area contributed by atoms with Gasteiger partial charge in [-0.05, 0) is 36.1 Å². The van der Waals surface area contributed by atoms with Crippen molar-refractivity contribution in [1.29, 1.82) is 0 Å². The van der Waals surface area contributed by atoms with Gasteiger partial charge in [0.05, 0.1) is 19.8 Å². The molecule has 1 N–H and O–H groups in total. The number of rotatable bonds is 12. The Hall–Kier alpha value is -3.14. The van der Waals surface area contributed by atoms with Crippen molar-refractivity contribution in [2.75, 3.05) is 26.4 Å². The van der Waals surface area contributed by atoms with Gasteiger partial charge in [-0.2, -0.15) is 0 Å². The van der Waals surface area contributed by atoms with Crippen molar-refractivity contribution in [2.45, 2.75) is 18.9 Å². The summed E-state index contributed by atoms with van der Waals surface area (Å²) in [6.45, 7) is 11.3. The van der Waals surface area contributed by atoms with Crippen LogP contribution in [0.4, 0.5) is 5.69 Å². The molecule has 29 heavy (non-hydrogen) atoms. The van der Waals surface area contributed by atoms with E-state index in [4.69, 9.17) is 20.8 Å². The zero-order chi connectivity index (χ0) is 20.9. The molecule has 2 aromatic carbocycles. The maximum atomic E-state index is 10.9. The molecule has 152 valence electrons. The van der Waals surface area contributed by atoms with E-state index in [0.717, 1.165) is 35.8 Å². The second kappa shape index (κ2) is 12.3. The molecule has 1 atom stereocenters. The van der Waals surface area contributed by atoms with Gasteiger partial charge in [-0.3, -0.25) is 0 Å². The average Bonchev–Trinajstić information content (AvgIpc) is 2.77. The minimum atomic E-state index is -0.841. The molecule has 0 aliphatic rings. The quantitative estimate of drug-likeness (QED) is 0.253. The number of nitrogens with zero attached hydrogens (tertiary/aromatic N) is 1. The number of benzene rings is 2. The van der Waals surface area contributed by atoms with Gasteiger partial charge in [-0.1, -0.05) is 43.0 Å². The van der Waals surface area contributed by atoms with Crippen LogP contribution in [0.1, 0.15) is 12.8 Å². The highest BCUT2D eigenvalue weighted by molar-refractivity contribution is 5.81. The van der Waals surface area contributed by atoms with Crippen LogP contribution < -0.4 is 4.74 Å². The summed E-state index contributed by atoms with van der Waals surface area (Å²) in [5, 5.41) is 9.60. The molecule has 0 radical (unpaired) electrons. The third-order valence-corrected chi connectivity index (χ3v) is 4.03. The van der Waals surface area contributed by atoms with Gasteiger partial charge in [0.25, 0.3) is 0 Å². The van der Waals surface area contributed by atoms with E-state index in [1.54, 1.807) is 0 Å². The number of esters is 1. The lowest BCUT2D eigenvalue weighted by molar-refractivity contribution is -0.141. The lowest BCUT2D eigenvalue weighted by atomic mass is 10.1. The Kier molecular flexibility index (Phi) is 9.43. The van der Waals surface area contributed by atoms with Crippen molar-refractivity contribution in [3.8, 4) is 16.9 Å². The molecule has 2 rings (SSSR count). The zero-order valence-corrected chi connectivity index (χ0v) is 16.3. The molecule has 0 heterocycles. The van der Waals surface area contributed by atoms with Crippen LogP contribution in [0.2, 0.25) is 0 Å². The predicted octanol–water partition coefficient (Wildman–Crippen LogP) is 4.17. The Balaban J connectivity index is 1.59. The van der Waals surface area contributed by atoms with E-state index in [1.807, 2.05) is 48.5 Å². The highest BCUT2D eigenvalue weighted by atomic mass is 16.5. The van der Waals surface area contributed by atoms with Crippen molar-refractivity contribution in [3.05, 3.63) is 72.6 Å². The monoisotopic (exact) mass is 395 g/mol. The molecule has 0 saturated carbocycles. The molecule has 0 aliphatic carbocycles. The third-order valence-electron chi connectivity index (χ3n) is 4.03. The van der Waals surface area contributed by atoms with Gasteiger partial charge in [-0.25, -0.2) is 9.64 Å². The van der Waals surface area contributed by atoms with Crippen molar-refractivity contribution < 1.29 is 24.1 Å². The normalized spacial score (nSPS) is 11.3. The lowest BCUT2D eigenvalue weighted by Crippen LogP contribution is -2.23. The standard InChI is InChI=1S/C23H25NO5/c1-3-23(26)29-17-21(25)16-27-14-4-5-15-28-22-12-8-19(9-13-22)18-6-10-20(24-2)11-7-18/h3,6-13,21,25H,1,4-5,14-17H2. The van der Waals surface area contributed by atoms with Crippen LogP contribution in [0.15, 0.2) is 61.2 Å². The van der Waals surface area contributed by atoms with Crippen molar-refractivity contribution in [1.82, 2.24) is 0 Å². The fourth-order valence-electron chi connectivity index (χ4n) is 2.47. The van der Waals surface area contributed by atoms with Crippen LogP contribution in [-0.2, 0) is 14.3 Å². The van der Waals surface area contributed by atoms with Gasteiger partial charge in [0, 0.05) is 12.7 Å². The van der Waals surface area contributed by atoms with Gasteiger partial charge in [-0.15, -0.1) is 0 Å². The first-order chi connectivity index (χ1) is 14.1. The maximum absolute atomic E-state index is 10.9. The number of hydrogen-bond donors (Lipinski definition) is 1. The second-order valence-corrected chi connectivity index (χ2v) is 6.30. The van der Waals surface area contributed by atoms with Crippen molar-refractivity contribution in [2.24, 2.45) is 0 Å². The van der Waals surface area contributed by atoms with E-state index in [1.165, 1.54) is 0 Å². The predicted molar refractivity (Wildman–Crippen MR) is 111 cm³/mol. The van der Waals surface area contributed by atoms with Crippen molar-refractivity contribution in [3.63, 3.8) is 0 Å². The van der Waals surface area contributed by atoms with Gasteiger partial charge < -0.3 is 19.3 Å². The molecular weight excluding hydrogens is 370 g/mol. The molecule has 0 fully saturated rings. The largest absolute Gasteiger partial charge is 0.494 e. The summed E-state index contributed by atoms with van der Waals surface area (Å²) < 4.78 is 15.8. The number of ether oxygens (including phenoxy) is 3. The Bertz CT molecular complexity index is 809. The first kappa shape index (κ1) is 22.2. The zero-order valence-electron chi connectivity index (χ0n) is 16.3. The van der Waals surface area contributed by atoms with E-state index >= 15 is 0 Å². The number of aliphatic hydroxyl groups excluding tert-OH is 1. The van der Waals surface area contributed by atoms with Crippen LogP contribution in [-0.4, -0.2) is 43.6 Å². The third kappa shape index (κ3) is 8.18. The van der Waals surface area contributed by atoms with E-state index in [0.29, 0.717) is 18.9 Å². The van der Waals surface area contributed by atoms with Crippen LogP contribution in [0, 0.1) is 6.57 Å². The Morgan fingerprint density at radius 2 is 1.66 bits per heavy atom. The summed E-state index contributed by atoms with van der Waals surface area (Å²) in [6, 6.07) is 15.3. The molecule has 0 bridgehead atoms. The Morgan fingerprint density at radius 3 is 2.28 bits per heavy atom. The van der Waals surface area contributed by atoms with Gasteiger partial charge >= 0.3 is 5.97 Å². The van der Waals surface area contributed by atoms with E-state index in [2.05, 4.69) is 11.4 Å². The molecule has 0 amide bonds. The summed E-state index contributed by atoms with van der Waals surface area (Å²) in [5.41, 5.74) is 2.76. The first-order valence-corrected chi connectivity index (χ1v) is 9.38. The molecule has 0 aromatic heterocycles. The fraction of sp³-hybridized carbons (Fsp3) is 0.304. The number of aliphatic hydroxyl groups is 1. The van der Waals surface area contributed by atoms with Gasteiger partial charge in [0.1, 0.15) is 18.5 Å². The van der Waals surface area contributed by atoms with Gasteiger partial charge in [0.15, 0.2) is 5.69 Å². The van der Waals surface area contributed by atoms with E-state index < -0.39 is 12.1 Å². The molecular formula is C23H25NO5. The van der Waals surface area contributed by atoms with Crippen LogP contribution in [0.25, 0.3) is 16.0 Å². The molecule has 0 aliphatic heterocycles. The SMILES string of the molecule is [C-]#[N+]c1ccc(-c2ccc(OCCCCOCC(O)COC(=O)C=C)cc2)cc1. The minimum absolute atomic E-state index is 0.104. The molecule has 0 saturated heterocycles. The van der Waals surface area contributed by atoms with Crippen LogP contribution >= 0.6 is 0 Å². The Morgan fingerprint density at radius 1 is 1.03 bits per heavy atom. The minimum Gasteiger partial charge on any atom is -0.494 e. The Labute approximate surface area is 171 Å². The maximum Gasteiger partial charge on any atom is 0.330 e.